The molecule has 0 aliphatic carbocycles. The lowest BCUT2D eigenvalue weighted by Crippen LogP contribution is -2.19. The Morgan fingerprint density at radius 3 is 2.58 bits per heavy atom. The fraction of sp³-hybridized carbons (Fsp3) is 0.667. The standard InChI is InChI=1S/C9H17N3/c1-9(2,3)7-10-8-5-6-12(4)11-8/h5-6H,7H2,1-4H3,(H,10,11). The van der Waals surface area contributed by atoms with Gasteiger partial charge in [-0.3, -0.25) is 4.68 Å². The van der Waals surface area contributed by atoms with E-state index >= 15 is 0 Å². The summed E-state index contributed by atoms with van der Waals surface area (Å²) in [5.41, 5.74) is 0.303. The van der Waals surface area contributed by atoms with Gasteiger partial charge in [-0.1, -0.05) is 20.8 Å². The summed E-state index contributed by atoms with van der Waals surface area (Å²) in [6, 6.07) is 1.98. The van der Waals surface area contributed by atoms with Crippen molar-refractivity contribution in [3.05, 3.63) is 12.3 Å². The van der Waals surface area contributed by atoms with Crippen molar-refractivity contribution in [3.8, 4) is 0 Å². The molecule has 0 bridgehead atoms. The monoisotopic (exact) mass is 167 g/mol. The van der Waals surface area contributed by atoms with E-state index in [1.54, 1.807) is 4.68 Å². The highest BCUT2D eigenvalue weighted by molar-refractivity contribution is 5.32. The van der Waals surface area contributed by atoms with E-state index in [9.17, 15) is 0 Å². The minimum atomic E-state index is 0.303. The predicted molar refractivity (Wildman–Crippen MR) is 51.2 cm³/mol. The van der Waals surface area contributed by atoms with Gasteiger partial charge >= 0.3 is 0 Å². The molecular weight excluding hydrogens is 150 g/mol. The van der Waals surface area contributed by atoms with Crippen molar-refractivity contribution in [1.82, 2.24) is 9.78 Å². The van der Waals surface area contributed by atoms with Crippen LogP contribution in [0.25, 0.3) is 0 Å². The summed E-state index contributed by atoms with van der Waals surface area (Å²) in [5.74, 6) is 0.951. The molecular formula is C9H17N3. The number of rotatable bonds is 2. The molecule has 0 saturated heterocycles. The Bertz CT molecular complexity index is 245. The third kappa shape index (κ3) is 2.95. The van der Waals surface area contributed by atoms with Crippen molar-refractivity contribution >= 4 is 5.82 Å². The lowest BCUT2D eigenvalue weighted by molar-refractivity contribution is 0.442. The summed E-state index contributed by atoms with van der Waals surface area (Å²) in [5, 5.41) is 7.49. The smallest absolute Gasteiger partial charge is 0.147 e. The van der Waals surface area contributed by atoms with Crippen molar-refractivity contribution in [2.45, 2.75) is 20.8 Å². The number of nitrogens with zero attached hydrogens (tertiary/aromatic N) is 2. The Kier molecular flexibility index (Phi) is 2.40. The number of anilines is 1. The van der Waals surface area contributed by atoms with Gasteiger partial charge in [-0.05, 0) is 5.41 Å². The fourth-order valence-electron chi connectivity index (χ4n) is 0.865. The fourth-order valence-corrected chi connectivity index (χ4v) is 0.865. The van der Waals surface area contributed by atoms with Crippen molar-refractivity contribution in [1.29, 1.82) is 0 Å². The molecule has 1 heterocycles. The van der Waals surface area contributed by atoms with Crippen molar-refractivity contribution < 1.29 is 0 Å². The molecule has 0 saturated carbocycles. The molecule has 0 aliphatic rings. The lowest BCUT2D eigenvalue weighted by atomic mass is 9.97. The van der Waals surface area contributed by atoms with Crippen molar-refractivity contribution in [2.24, 2.45) is 12.5 Å². The van der Waals surface area contributed by atoms with Crippen LogP contribution in [-0.2, 0) is 7.05 Å². The van der Waals surface area contributed by atoms with E-state index in [-0.39, 0.29) is 0 Å². The number of hydrogen-bond acceptors (Lipinski definition) is 2. The number of aryl methyl sites for hydroxylation is 1. The van der Waals surface area contributed by atoms with Gasteiger partial charge in [0.15, 0.2) is 0 Å². The van der Waals surface area contributed by atoms with E-state index < -0.39 is 0 Å². The zero-order chi connectivity index (χ0) is 9.19. The number of nitrogens with one attached hydrogen (secondary N) is 1. The van der Waals surface area contributed by atoms with Crippen LogP contribution in [0.1, 0.15) is 20.8 Å². The highest BCUT2D eigenvalue weighted by atomic mass is 15.3. The molecule has 3 nitrogen and oxygen atoms in total. The Morgan fingerprint density at radius 2 is 2.17 bits per heavy atom. The molecule has 3 heteroatoms. The molecule has 0 fully saturated rings. The van der Waals surface area contributed by atoms with Crippen LogP contribution in [0.15, 0.2) is 12.3 Å². The Hall–Kier alpha value is -0.990. The molecule has 68 valence electrons. The Balaban J connectivity index is 2.44. The van der Waals surface area contributed by atoms with Crippen LogP contribution >= 0.6 is 0 Å². The van der Waals surface area contributed by atoms with Gasteiger partial charge in [-0.25, -0.2) is 0 Å². The average Bonchev–Trinajstić information content (AvgIpc) is 2.30. The van der Waals surface area contributed by atoms with Crippen LogP contribution in [0.5, 0.6) is 0 Å². The minimum Gasteiger partial charge on any atom is -0.368 e. The van der Waals surface area contributed by atoms with Gasteiger partial charge in [-0.2, -0.15) is 5.10 Å². The Labute approximate surface area is 73.8 Å². The lowest BCUT2D eigenvalue weighted by Gasteiger charge is -2.18. The minimum absolute atomic E-state index is 0.303. The molecule has 0 aromatic carbocycles. The summed E-state index contributed by atoms with van der Waals surface area (Å²) in [7, 11) is 1.92. The quantitative estimate of drug-likeness (QED) is 0.728. The first-order valence-corrected chi connectivity index (χ1v) is 4.21. The summed E-state index contributed by atoms with van der Waals surface area (Å²) in [4.78, 5) is 0. The average molecular weight is 167 g/mol. The second-order valence-corrected chi connectivity index (χ2v) is 4.29. The molecule has 1 N–H and O–H groups in total. The van der Waals surface area contributed by atoms with Crippen LogP contribution in [-0.4, -0.2) is 16.3 Å². The van der Waals surface area contributed by atoms with E-state index in [2.05, 4.69) is 31.2 Å². The molecule has 12 heavy (non-hydrogen) atoms. The summed E-state index contributed by atoms with van der Waals surface area (Å²) >= 11 is 0. The highest BCUT2D eigenvalue weighted by Crippen LogP contribution is 2.13. The maximum atomic E-state index is 4.22. The molecule has 1 aromatic rings. The third-order valence-corrected chi connectivity index (χ3v) is 1.51. The van der Waals surface area contributed by atoms with Crippen LogP contribution in [0, 0.1) is 5.41 Å². The SMILES string of the molecule is Cn1ccc(NCC(C)(C)C)n1. The van der Waals surface area contributed by atoms with Gasteiger partial charge in [0, 0.05) is 25.9 Å². The van der Waals surface area contributed by atoms with Crippen LogP contribution in [0.4, 0.5) is 5.82 Å². The van der Waals surface area contributed by atoms with Gasteiger partial charge < -0.3 is 5.32 Å². The van der Waals surface area contributed by atoms with Crippen LogP contribution in [0.3, 0.4) is 0 Å². The first-order valence-electron chi connectivity index (χ1n) is 4.21. The van der Waals surface area contributed by atoms with Gasteiger partial charge in [0.05, 0.1) is 0 Å². The molecule has 0 amide bonds. The van der Waals surface area contributed by atoms with E-state index in [4.69, 9.17) is 0 Å². The molecule has 0 atom stereocenters. The third-order valence-electron chi connectivity index (χ3n) is 1.51. The van der Waals surface area contributed by atoms with Gasteiger partial charge in [0.2, 0.25) is 0 Å². The first kappa shape index (κ1) is 9.10. The van der Waals surface area contributed by atoms with E-state index in [0.29, 0.717) is 5.41 Å². The maximum absolute atomic E-state index is 4.22. The van der Waals surface area contributed by atoms with Crippen LogP contribution in [0.2, 0.25) is 0 Å². The highest BCUT2D eigenvalue weighted by Gasteiger charge is 2.09. The predicted octanol–water partition coefficient (Wildman–Crippen LogP) is 1.88. The molecule has 1 aromatic heterocycles. The molecule has 0 spiro atoms. The molecule has 0 unspecified atom stereocenters. The topological polar surface area (TPSA) is 29.9 Å². The summed E-state index contributed by atoms with van der Waals surface area (Å²) < 4.78 is 1.80. The number of aromatic nitrogens is 2. The van der Waals surface area contributed by atoms with E-state index in [1.807, 2.05) is 19.3 Å². The van der Waals surface area contributed by atoms with Crippen LogP contribution < -0.4 is 5.32 Å². The molecule has 0 aliphatic heterocycles. The van der Waals surface area contributed by atoms with Gasteiger partial charge in [-0.15, -0.1) is 0 Å². The Morgan fingerprint density at radius 1 is 1.50 bits per heavy atom. The maximum Gasteiger partial charge on any atom is 0.147 e. The second-order valence-electron chi connectivity index (χ2n) is 4.29. The van der Waals surface area contributed by atoms with Crippen molar-refractivity contribution in [3.63, 3.8) is 0 Å². The summed E-state index contributed by atoms with van der Waals surface area (Å²) in [6.45, 7) is 7.54. The zero-order valence-corrected chi connectivity index (χ0v) is 8.26. The first-order chi connectivity index (χ1) is 5.47. The van der Waals surface area contributed by atoms with Crippen molar-refractivity contribution in [2.75, 3.05) is 11.9 Å². The number of hydrogen-bond donors (Lipinski definition) is 1. The van der Waals surface area contributed by atoms with Gasteiger partial charge in [0.1, 0.15) is 5.82 Å². The second kappa shape index (κ2) is 3.17. The molecule has 0 radical (unpaired) electrons. The van der Waals surface area contributed by atoms with E-state index in [1.165, 1.54) is 0 Å². The molecule has 1 rings (SSSR count). The van der Waals surface area contributed by atoms with E-state index in [0.717, 1.165) is 12.4 Å². The van der Waals surface area contributed by atoms with Gasteiger partial charge in [0.25, 0.3) is 0 Å². The summed E-state index contributed by atoms with van der Waals surface area (Å²) in [6.07, 6.45) is 1.94. The zero-order valence-electron chi connectivity index (χ0n) is 8.26. The largest absolute Gasteiger partial charge is 0.368 e. The normalized spacial score (nSPS) is 11.7.